The van der Waals surface area contributed by atoms with Crippen molar-refractivity contribution in [1.82, 2.24) is 25.8 Å². The minimum absolute atomic E-state index is 0.0180. The summed E-state index contributed by atoms with van der Waals surface area (Å²) >= 11 is 1.55. The molecule has 1 fully saturated rings. The first-order valence-corrected chi connectivity index (χ1v) is 17.3. The summed E-state index contributed by atoms with van der Waals surface area (Å²) in [6.45, 7) is 0.241. The number of aliphatic hydroxyl groups excluding tert-OH is 1. The highest BCUT2D eigenvalue weighted by atomic mass is 32.2. The fourth-order valence-electron chi connectivity index (χ4n) is 5.76. The predicted octanol–water partition coefficient (Wildman–Crippen LogP) is 5.89. The Morgan fingerprint density at radius 1 is 0.920 bits per heavy atom. The number of thioether (sulfide) groups is 1. The summed E-state index contributed by atoms with van der Waals surface area (Å²) in [5.74, 6) is 0.150. The van der Waals surface area contributed by atoms with E-state index in [1.807, 2.05) is 97.1 Å². The number of benzene rings is 4. The Bertz CT molecular complexity index is 1840. The molecule has 0 saturated carbocycles. The summed E-state index contributed by atoms with van der Waals surface area (Å²) in [5.41, 5.74) is 6.47. The highest BCUT2D eigenvalue weighted by Gasteiger charge is 2.32. The van der Waals surface area contributed by atoms with Crippen LogP contribution in [0.1, 0.15) is 46.6 Å². The maximum absolute atomic E-state index is 12.8. The van der Waals surface area contributed by atoms with E-state index in [1.165, 1.54) is 13.4 Å². The highest BCUT2D eigenvalue weighted by molar-refractivity contribution is 7.99. The molecule has 12 heteroatoms. The van der Waals surface area contributed by atoms with Crippen molar-refractivity contribution in [2.24, 2.45) is 0 Å². The predicted molar refractivity (Wildman–Crippen MR) is 189 cm³/mol. The van der Waals surface area contributed by atoms with E-state index in [1.54, 1.807) is 11.8 Å². The lowest BCUT2D eigenvalue weighted by Crippen LogP contribution is -2.47. The first-order valence-electron chi connectivity index (χ1n) is 16.3. The Kier molecular flexibility index (Phi) is 11.9. The third kappa shape index (κ3) is 9.36. The van der Waals surface area contributed by atoms with Crippen molar-refractivity contribution in [3.63, 3.8) is 0 Å². The van der Waals surface area contributed by atoms with E-state index < -0.39 is 24.3 Å². The molecule has 6 rings (SSSR count). The van der Waals surface area contributed by atoms with Gasteiger partial charge in [0.1, 0.15) is 12.4 Å². The summed E-state index contributed by atoms with van der Waals surface area (Å²) in [4.78, 5) is 29.4. The maximum Gasteiger partial charge on any atom is 0.328 e. The highest BCUT2D eigenvalue weighted by Crippen LogP contribution is 2.40. The van der Waals surface area contributed by atoms with E-state index in [9.17, 15) is 14.7 Å². The van der Waals surface area contributed by atoms with Crippen molar-refractivity contribution in [3.05, 3.63) is 137 Å². The second-order valence-corrected chi connectivity index (χ2v) is 12.9. The van der Waals surface area contributed by atoms with Gasteiger partial charge >= 0.3 is 12.0 Å². The van der Waals surface area contributed by atoms with E-state index in [4.69, 9.17) is 14.2 Å². The van der Waals surface area contributed by atoms with Crippen LogP contribution in [0.5, 0.6) is 0 Å². The number of esters is 1. The van der Waals surface area contributed by atoms with Crippen LogP contribution in [0.2, 0.25) is 0 Å². The minimum Gasteiger partial charge on any atom is -0.467 e. The molecule has 50 heavy (non-hydrogen) atoms. The second kappa shape index (κ2) is 17.1. The summed E-state index contributed by atoms with van der Waals surface area (Å²) < 4.78 is 18.0. The Hall–Kier alpha value is -5.01. The van der Waals surface area contributed by atoms with E-state index in [0.29, 0.717) is 18.6 Å². The fourth-order valence-corrected chi connectivity index (χ4v) is 6.56. The number of amides is 2. The Morgan fingerprint density at radius 2 is 1.68 bits per heavy atom. The normalized spacial score (nSPS) is 17.8. The molecule has 1 aliphatic rings. The van der Waals surface area contributed by atoms with Crippen molar-refractivity contribution in [2.75, 3.05) is 12.9 Å². The molecule has 1 aromatic heterocycles. The molecule has 4 aromatic carbocycles. The van der Waals surface area contributed by atoms with Crippen LogP contribution in [0.15, 0.2) is 115 Å². The number of nitrogens with one attached hydrogen (secondary N) is 3. The molecular weight excluding hydrogens is 655 g/mol. The minimum atomic E-state index is -0.819. The summed E-state index contributed by atoms with van der Waals surface area (Å²) in [7, 11) is 1.31. The molecular formula is C38H39N5O6S. The van der Waals surface area contributed by atoms with Crippen LogP contribution < -0.4 is 10.6 Å². The van der Waals surface area contributed by atoms with Crippen molar-refractivity contribution >= 4 is 23.8 Å². The van der Waals surface area contributed by atoms with Gasteiger partial charge in [0.15, 0.2) is 11.4 Å². The molecule has 4 N–H and O–H groups in total. The van der Waals surface area contributed by atoms with Crippen LogP contribution in [0.4, 0.5) is 4.79 Å². The molecule has 11 nitrogen and oxygen atoms in total. The zero-order valence-corrected chi connectivity index (χ0v) is 28.3. The number of H-pyrrole nitrogens is 1. The van der Waals surface area contributed by atoms with Crippen molar-refractivity contribution in [2.45, 2.75) is 55.7 Å². The maximum atomic E-state index is 12.8. The molecule has 1 aliphatic heterocycles. The number of aromatic amines is 1. The van der Waals surface area contributed by atoms with Crippen LogP contribution in [0, 0.1) is 0 Å². The number of hydrogen-bond acceptors (Lipinski definition) is 9. The van der Waals surface area contributed by atoms with Gasteiger partial charge in [0, 0.05) is 30.7 Å². The number of urea groups is 1. The average molecular weight is 694 g/mol. The molecule has 2 heterocycles. The summed E-state index contributed by atoms with van der Waals surface area (Å²) in [5, 5.41) is 22.7. The SMILES string of the molecule is COC(=O)C(Cc1ccccc1)NC(=O)NCc1cccc(-c2cccc(C3OC(CSc4ncn[nH]4)CC(c4ccc(CO)cc4)O3)c2)c1. The van der Waals surface area contributed by atoms with Gasteiger partial charge in [-0.25, -0.2) is 14.6 Å². The Balaban J connectivity index is 1.13. The number of hydrogen-bond donors (Lipinski definition) is 4. The third-order valence-corrected chi connectivity index (χ3v) is 9.37. The Labute approximate surface area is 294 Å². The molecule has 0 bridgehead atoms. The number of aliphatic hydroxyl groups is 1. The number of aromatic nitrogens is 3. The van der Waals surface area contributed by atoms with Crippen LogP contribution >= 0.6 is 11.8 Å². The zero-order chi connectivity index (χ0) is 34.7. The van der Waals surface area contributed by atoms with Gasteiger partial charge in [0.2, 0.25) is 0 Å². The smallest absolute Gasteiger partial charge is 0.328 e. The third-order valence-electron chi connectivity index (χ3n) is 8.36. The van der Waals surface area contributed by atoms with E-state index in [2.05, 4.69) is 31.9 Å². The monoisotopic (exact) mass is 693 g/mol. The van der Waals surface area contributed by atoms with Crippen LogP contribution in [-0.4, -0.2) is 57.3 Å². The molecule has 5 aromatic rings. The largest absolute Gasteiger partial charge is 0.467 e. The molecule has 258 valence electrons. The molecule has 2 amide bonds. The lowest BCUT2D eigenvalue weighted by Gasteiger charge is -2.36. The molecule has 1 saturated heterocycles. The molecule has 0 spiro atoms. The molecule has 4 unspecified atom stereocenters. The quantitative estimate of drug-likeness (QED) is 0.0876. The van der Waals surface area contributed by atoms with Gasteiger partial charge < -0.3 is 30.0 Å². The lowest BCUT2D eigenvalue weighted by atomic mass is 9.99. The fraction of sp³-hybridized carbons (Fsp3) is 0.263. The number of carbonyl (C=O) groups is 2. The van der Waals surface area contributed by atoms with Gasteiger partial charge in [-0.1, -0.05) is 103 Å². The molecule has 0 radical (unpaired) electrons. The van der Waals surface area contributed by atoms with Gasteiger partial charge in [0.05, 0.1) is 25.9 Å². The first-order chi connectivity index (χ1) is 24.5. The lowest BCUT2D eigenvalue weighted by molar-refractivity contribution is -0.245. The average Bonchev–Trinajstić information content (AvgIpc) is 3.70. The van der Waals surface area contributed by atoms with Gasteiger partial charge in [-0.2, -0.15) is 5.10 Å². The standard InChI is InChI=1S/C38H39N5O6S/c1-47-35(45)33(18-25-7-3-2-4-8-25)42-37(46)39-21-27-9-5-10-29(17-27)30-11-6-12-31(19-30)36-48-32(23-50-38-40-24-41-43-38)20-34(49-36)28-15-13-26(22-44)14-16-28/h2-17,19,24,32-34,36,44H,18,20-23H2,1H3,(H2,39,42,46)(H,40,41,43). The van der Waals surface area contributed by atoms with Gasteiger partial charge in [0.25, 0.3) is 0 Å². The van der Waals surface area contributed by atoms with Crippen molar-refractivity contribution in [3.8, 4) is 11.1 Å². The van der Waals surface area contributed by atoms with E-state index in [0.717, 1.165) is 44.1 Å². The van der Waals surface area contributed by atoms with Gasteiger partial charge in [-0.3, -0.25) is 5.10 Å². The second-order valence-electron chi connectivity index (χ2n) is 11.9. The van der Waals surface area contributed by atoms with Crippen LogP contribution in [0.25, 0.3) is 11.1 Å². The van der Waals surface area contributed by atoms with Crippen molar-refractivity contribution < 1.29 is 28.9 Å². The zero-order valence-electron chi connectivity index (χ0n) is 27.5. The van der Waals surface area contributed by atoms with Gasteiger partial charge in [-0.05, 0) is 45.5 Å². The van der Waals surface area contributed by atoms with Crippen LogP contribution in [0.3, 0.4) is 0 Å². The molecule has 0 aliphatic carbocycles. The number of nitrogens with zero attached hydrogens (tertiary/aromatic N) is 2. The van der Waals surface area contributed by atoms with Crippen LogP contribution in [-0.2, 0) is 38.6 Å². The molecule has 4 atom stereocenters. The first kappa shape index (κ1) is 34.8. The summed E-state index contributed by atoms with van der Waals surface area (Å²) in [6, 6.07) is 32.0. The van der Waals surface area contributed by atoms with Crippen molar-refractivity contribution in [1.29, 1.82) is 0 Å². The number of methoxy groups -OCH3 is 1. The Morgan fingerprint density at radius 3 is 2.42 bits per heavy atom. The summed E-state index contributed by atoms with van der Waals surface area (Å²) in [6.07, 6.45) is 1.52. The van der Waals surface area contributed by atoms with E-state index >= 15 is 0 Å². The van der Waals surface area contributed by atoms with Gasteiger partial charge in [-0.15, -0.1) is 0 Å². The number of carbonyl (C=O) groups excluding carboxylic acids is 2. The van der Waals surface area contributed by atoms with E-state index in [-0.39, 0.29) is 25.4 Å². The number of rotatable bonds is 13. The number of ether oxygens (including phenoxy) is 3. The topological polar surface area (TPSA) is 148 Å².